The first-order valence-electron chi connectivity index (χ1n) is 4.53. The first kappa shape index (κ1) is 21.5. The number of rotatable bonds is 3. The molecule has 12 heteroatoms. The van der Waals surface area contributed by atoms with Gasteiger partial charge < -0.3 is 30.6 Å². The lowest BCUT2D eigenvalue weighted by molar-refractivity contribution is -0.957. The normalized spacial score (nSPS) is 10.3. The molecule has 0 aromatic heterocycles. The van der Waals surface area contributed by atoms with Crippen molar-refractivity contribution < 1.29 is 19.4 Å². The SMILES string of the molecule is C[N+](C)(N)CC[N+](C)(C)N.O=[N+]([O-])[O-].O=[N+]([O-])[O-]. The van der Waals surface area contributed by atoms with Gasteiger partial charge in [0, 0.05) is 0 Å². The van der Waals surface area contributed by atoms with Crippen LogP contribution < -0.4 is 11.7 Å². The van der Waals surface area contributed by atoms with Crippen LogP contribution in [-0.4, -0.2) is 60.6 Å². The maximum Gasteiger partial charge on any atom is 0.147 e. The van der Waals surface area contributed by atoms with Crippen molar-refractivity contribution in [1.82, 2.24) is 0 Å². The Morgan fingerprint density at radius 3 is 0.944 bits per heavy atom. The summed E-state index contributed by atoms with van der Waals surface area (Å²) in [7, 11) is 7.82. The third kappa shape index (κ3) is 90.9. The fraction of sp³-hybridized carbons (Fsp3) is 1.00. The summed E-state index contributed by atoms with van der Waals surface area (Å²) >= 11 is 0. The van der Waals surface area contributed by atoms with Crippen LogP contribution in [0.2, 0.25) is 0 Å². The molecule has 12 nitrogen and oxygen atoms in total. The molecule has 0 aliphatic carbocycles. The maximum atomic E-state index is 8.25. The predicted octanol–water partition coefficient (Wildman–Crippen LogP) is -1.59. The van der Waals surface area contributed by atoms with E-state index in [4.69, 9.17) is 42.3 Å². The Hall–Kier alpha value is -1.76. The molecule has 0 atom stereocenters. The minimum Gasteiger partial charge on any atom is -0.356 e. The van der Waals surface area contributed by atoms with Gasteiger partial charge in [-0.1, -0.05) is 0 Å². The van der Waals surface area contributed by atoms with Crippen LogP contribution in [0.1, 0.15) is 0 Å². The highest BCUT2D eigenvalue weighted by atomic mass is 16.9. The third-order valence-corrected chi connectivity index (χ3v) is 1.25. The van der Waals surface area contributed by atoms with Gasteiger partial charge >= 0.3 is 0 Å². The van der Waals surface area contributed by atoms with Gasteiger partial charge in [-0.25, -0.2) is 9.18 Å². The van der Waals surface area contributed by atoms with Crippen LogP contribution in [0.5, 0.6) is 0 Å². The third-order valence-electron chi connectivity index (χ3n) is 1.25. The Balaban J connectivity index is -0.000000233. The zero-order chi connectivity index (χ0) is 15.6. The zero-order valence-electron chi connectivity index (χ0n) is 10.8. The lowest BCUT2D eigenvalue weighted by Crippen LogP contribution is -2.57. The van der Waals surface area contributed by atoms with Gasteiger partial charge in [0.1, 0.15) is 13.1 Å². The molecule has 0 aromatic carbocycles. The Morgan fingerprint density at radius 2 is 0.889 bits per heavy atom. The highest BCUT2D eigenvalue weighted by Gasteiger charge is 2.15. The van der Waals surface area contributed by atoms with Gasteiger partial charge in [-0.15, -0.1) is 0 Å². The lowest BCUT2D eigenvalue weighted by atomic mass is 10.5. The molecule has 18 heavy (non-hydrogen) atoms. The zero-order valence-corrected chi connectivity index (χ0v) is 10.8. The summed E-state index contributed by atoms with van der Waals surface area (Å²) in [6.07, 6.45) is 0. The second kappa shape index (κ2) is 9.29. The van der Waals surface area contributed by atoms with Gasteiger partial charge in [0.25, 0.3) is 0 Å². The predicted molar refractivity (Wildman–Crippen MR) is 63.0 cm³/mol. The number of hydrogen-bond donors (Lipinski definition) is 2. The Bertz CT molecular complexity index is 212. The number of likely N-dealkylation sites (N-methyl/N-ethyl adjacent to an activating group) is 2. The number of nitrogens with zero attached hydrogens (tertiary/aromatic N) is 4. The number of quaternary nitrogens is 2. The molecule has 0 aromatic rings. The summed E-state index contributed by atoms with van der Waals surface area (Å²) in [5.74, 6) is 11.4. The molecule has 0 heterocycles. The molecule has 0 unspecified atom stereocenters. The van der Waals surface area contributed by atoms with Gasteiger partial charge in [-0.3, -0.25) is 0 Å². The van der Waals surface area contributed by atoms with Crippen molar-refractivity contribution >= 4 is 0 Å². The fourth-order valence-electron chi connectivity index (χ4n) is 0.515. The summed E-state index contributed by atoms with van der Waals surface area (Å²) in [6.45, 7) is 1.78. The van der Waals surface area contributed by atoms with Crippen molar-refractivity contribution in [2.75, 3.05) is 41.3 Å². The average Bonchev–Trinajstić information content (AvgIpc) is 1.95. The molecule has 0 amide bonds. The first-order valence-corrected chi connectivity index (χ1v) is 4.53. The topological polar surface area (TPSA) is 184 Å². The van der Waals surface area contributed by atoms with Crippen molar-refractivity contribution in [3.05, 3.63) is 30.6 Å². The van der Waals surface area contributed by atoms with Crippen molar-refractivity contribution in [2.24, 2.45) is 11.7 Å². The molecule has 110 valence electrons. The molecule has 0 fully saturated rings. The van der Waals surface area contributed by atoms with Crippen molar-refractivity contribution in [2.45, 2.75) is 0 Å². The highest BCUT2D eigenvalue weighted by Crippen LogP contribution is 1.89. The molecule has 0 radical (unpaired) electrons. The van der Waals surface area contributed by atoms with Gasteiger partial charge in [0.15, 0.2) is 0 Å². The van der Waals surface area contributed by atoms with E-state index in [-0.39, 0.29) is 0 Å². The standard InChI is InChI=1S/C6H20N4.2NO3/c1-9(2,7)5-6-10(3,4)8;2*2-1(3)4/h5-8H2,1-4H3;;/q+2;2*-1. The summed E-state index contributed by atoms with van der Waals surface area (Å²) in [4.78, 5) is 16.5. The minimum atomic E-state index is -1.75. The van der Waals surface area contributed by atoms with E-state index in [0.29, 0.717) is 9.18 Å². The molecule has 0 spiro atoms. The second-order valence-electron chi connectivity index (χ2n) is 4.45. The Kier molecular flexibility index (Phi) is 11.1. The van der Waals surface area contributed by atoms with Crippen LogP contribution in [0.4, 0.5) is 0 Å². The lowest BCUT2D eigenvalue weighted by Gasteiger charge is -2.27. The minimum absolute atomic E-state index is 0.485. The fourth-order valence-corrected chi connectivity index (χ4v) is 0.515. The summed E-state index contributed by atoms with van der Waals surface area (Å²) in [6, 6.07) is 0. The Labute approximate surface area is 104 Å². The van der Waals surface area contributed by atoms with E-state index in [1.54, 1.807) is 0 Å². The van der Waals surface area contributed by atoms with Gasteiger partial charge in [0.2, 0.25) is 0 Å². The van der Waals surface area contributed by atoms with Crippen LogP contribution in [0.25, 0.3) is 0 Å². The van der Waals surface area contributed by atoms with Crippen molar-refractivity contribution in [3.8, 4) is 0 Å². The quantitative estimate of drug-likeness (QED) is 0.266. The largest absolute Gasteiger partial charge is 0.356 e. The van der Waals surface area contributed by atoms with Gasteiger partial charge in [0.05, 0.1) is 38.4 Å². The second-order valence-corrected chi connectivity index (χ2v) is 4.45. The van der Waals surface area contributed by atoms with E-state index in [2.05, 4.69) is 0 Å². The molecule has 0 aliphatic heterocycles. The molecule has 0 bridgehead atoms. The van der Waals surface area contributed by atoms with Gasteiger partial charge in [-0.05, 0) is 0 Å². The summed E-state index contributed by atoms with van der Waals surface area (Å²) in [5, 5.41) is 29.5. The Morgan fingerprint density at radius 1 is 0.778 bits per heavy atom. The van der Waals surface area contributed by atoms with Gasteiger partial charge in [-0.2, -0.15) is 11.7 Å². The molecule has 0 saturated heterocycles. The average molecular weight is 272 g/mol. The van der Waals surface area contributed by atoms with Crippen LogP contribution in [0.15, 0.2) is 0 Å². The van der Waals surface area contributed by atoms with Crippen LogP contribution in [-0.2, 0) is 0 Å². The van der Waals surface area contributed by atoms with E-state index < -0.39 is 10.2 Å². The summed E-state index contributed by atoms with van der Waals surface area (Å²) < 4.78 is 0.970. The number of hydrogen-bond acceptors (Lipinski definition) is 8. The molecule has 0 rings (SSSR count). The molecular formula is C6H20N6O6. The van der Waals surface area contributed by atoms with E-state index >= 15 is 0 Å². The monoisotopic (exact) mass is 272 g/mol. The molecular weight excluding hydrogens is 252 g/mol. The highest BCUT2D eigenvalue weighted by molar-refractivity contribution is 4.23. The van der Waals surface area contributed by atoms with E-state index in [1.807, 2.05) is 28.2 Å². The molecule has 0 aliphatic rings. The van der Waals surface area contributed by atoms with Crippen LogP contribution >= 0.6 is 0 Å². The maximum absolute atomic E-state index is 8.25. The number of nitrogens with two attached hydrogens (primary N) is 2. The van der Waals surface area contributed by atoms with Crippen LogP contribution in [0.3, 0.4) is 0 Å². The van der Waals surface area contributed by atoms with E-state index in [1.165, 1.54) is 0 Å². The molecule has 0 saturated carbocycles. The van der Waals surface area contributed by atoms with Crippen molar-refractivity contribution in [1.29, 1.82) is 0 Å². The summed E-state index contributed by atoms with van der Waals surface area (Å²) in [5.41, 5.74) is 0. The van der Waals surface area contributed by atoms with E-state index in [0.717, 1.165) is 13.1 Å². The molecule has 4 N–H and O–H groups in total. The first-order chi connectivity index (χ1) is 7.67. The smallest absolute Gasteiger partial charge is 0.147 e. The van der Waals surface area contributed by atoms with Crippen LogP contribution in [0, 0.1) is 30.6 Å². The van der Waals surface area contributed by atoms with Crippen molar-refractivity contribution in [3.63, 3.8) is 0 Å². The van der Waals surface area contributed by atoms with E-state index in [9.17, 15) is 0 Å².